The zero-order valence-electron chi connectivity index (χ0n) is 13.9. The minimum Gasteiger partial charge on any atom is -0.437 e. The summed E-state index contributed by atoms with van der Waals surface area (Å²) in [5.74, 6) is -0.253. The number of pyridine rings is 1. The summed E-state index contributed by atoms with van der Waals surface area (Å²) >= 11 is 12.0. The molecule has 0 bridgehead atoms. The molecule has 1 aromatic heterocycles. The number of carbonyl (C=O) groups is 1. The topological polar surface area (TPSA) is 51.2 Å². The maximum atomic E-state index is 12.6. The van der Waals surface area contributed by atoms with E-state index in [1.54, 1.807) is 18.2 Å². The van der Waals surface area contributed by atoms with Gasteiger partial charge in [-0.05, 0) is 42.5 Å². The molecule has 0 saturated heterocycles. The van der Waals surface area contributed by atoms with Crippen molar-refractivity contribution in [1.29, 1.82) is 0 Å². The van der Waals surface area contributed by atoms with Crippen LogP contribution in [0.3, 0.4) is 0 Å². The SMILES string of the molecule is O=C(Nc1ccc(Oc2ccc(C(F)(F)F)cn2)c(Cl)c1)c1cccc(Cl)c1. The van der Waals surface area contributed by atoms with Crippen molar-refractivity contribution in [2.75, 3.05) is 5.32 Å². The Morgan fingerprint density at radius 3 is 2.43 bits per heavy atom. The number of ether oxygens (including phenoxy) is 1. The summed E-state index contributed by atoms with van der Waals surface area (Å²) < 4.78 is 43.1. The quantitative estimate of drug-likeness (QED) is 0.521. The molecule has 28 heavy (non-hydrogen) atoms. The molecule has 0 radical (unpaired) electrons. The second kappa shape index (κ2) is 8.08. The first-order valence-electron chi connectivity index (χ1n) is 7.80. The maximum Gasteiger partial charge on any atom is 0.417 e. The Bertz CT molecular complexity index is 1010. The molecule has 0 saturated carbocycles. The van der Waals surface area contributed by atoms with Crippen molar-refractivity contribution >= 4 is 34.8 Å². The van der Waals surface area contributed by atoms with Gasteiger partial charge in [0.15, 0.2) is 0 Å². The summed E-state index contributed by atoms with van der Waals surface area (Å²) in [6, 6.07) is 12.8. The van der Waals surface area contributed by atoms with E-state index >= 15 is 0 Å². The van der Waals surface area contributed by atoms with Crippen molar-refractivity contribution in [1.82, 2.24) is 4.98 Å². The summed E-state index contributed by atoms with van der Waals surface area (Å²) in [6.07, 6.45) is -3.81. The van der Waals surface area contributed by atoms with Crippen LogP contribution in [0.5, 0.6) is 11.6 Å². The van der Waals surface area contributed by atoms with Crippen molar-refractivity contribution in [3.8, 4) is 11.6 Å². The number of halogens is 5. The van der Waals surface area contributed by atoms with Gasteiger partial charge in [-0.1, -0.05) is 29.3 Å². The van der Waals surface area contributed by atoms with Crippen LogP contribution in [0.25, 0.3) is 0 Å². The van der Waals surface area contributed by atoms with E-state index in [2.05, 4.69) is 10.3 Å². The van der Waals surface area contributed by atoms with Crippen LogP contribution in [0.4, 0.5) is 18.9 Å². The molecule has 0 aliphatic heterocycles. The maximum absolute atomic E-state index is 12.6. The Morgan fingerprint density at radius 1 is 1.04 bits per heavy atom. The Labute approximate surface area is 167 Å². The van der Waals surface area contributed by atoms with Gasteiger partial charge in [-0.2, -0.15) is 13.2 Å². The van der Waals surface area contributed by atoms with Crippen molar-refractivity contribution in [3.63, 3.8) is 0 Å². The van der Waals surface area contributed by atoms with E-state index < -0.39 is 11.7 Å². The number of hydrogen-bond acceptors (Lipinski definition) is 3. The number of aromatic nitrogens is 1. The standard InChI is InChI=1S/C19H11Cl2F3N2O2/c20-13-3-1-2-11(8-13)18(27)26-14-5-6-16(15(21)9-14)28-17-7-4-12(10-25-17)19(22,23)24/h1-10H,(H,26,27). The molecule has 0 aliphatic carbocycles. The minimum atomic E-state index is -4.48. The number of carbonyl (C=O) groups excluding carboxylic acids is 1. The second-order valence-corrected chi connectivity index (χ2v) is 6.44. The zero-order valence-corrected chi connectivity index (χ0v) is 15.4. The molecule has 1 N–H and O–H groups in total. The van der Waals surface area contributed by atoms with Crippen molar-refractivity contribution in [2.24, 2.45) is 0 Å². The van der Waals surface area contributed by atoms with E-state index in [0.29, 0.717) is 22.5 Å². The summed E-state index contributed by atoms with van der Waals surface area (Å²) in [6.45, 7) is 0. The van der Waals surface area contributed by atoms with Gasteiger partial charge in [0.25, 0.3) is 5.91 Å². The van der Waals surface area contributed by atoms with E-state index in [1.807, 2.05) is 0 Å². The highest BCUT2D eigenvalue weighted by molar-refractivity contribution is 6.32. The lowest BCUT2D eigenvalue weighted by Crippen LogP contribution is -2.11. The molecular weight excluding hydrogens is 416 g/mol. The summed E-state index contributed by atoms with van der Waals surface area (Å²) in [5, 5.41) is 3.24. The lowest BCUT2D eigenvalue weighted by atomic mass is 10.2. The smallest absolute Gasteiger partial charge is 0.417 e. The lowest BCUT2D eigenvalue weighted by molar-refractivity contribution is -0.137. The number of amides is 1. The Kier molecular flexibility index (Phi) is 5.76. The largest absolute Gasteiger partial charge is 0.437 e. The fourth-order valence-electron chi connectivity index (χ4n) is 2.22. The first-order valence-corrected chi connectivity index (χ1v) is 8.55. The second-order valence-electron chi connectivity index (χ2n) is 5.59. The molecule has 9 heteroatoms. The molecule has 0 unspecified atom stereocenters. The van der Waals surface area contributed by atoms with Crippen LogP contribution in [0.2, 0.25) is 10.0 Å². The molecule has 1 amide bonds. The van der Waals surface area contributed by atoms with E-state index in [1.165, 1.54) is 24.3 Å². The predicted molar refractivity (Wildman–Crippen MR) is 100 cm³/mol. The molecule has 0 aliphatic rings. The van der Waals surface area contributed by atoms with Crippen LogP contribution in [0.15, 0.2) is 60.8 Å². The van der Waals surface area contributed by atoms with Crippen molar-refractivity contribution < 1.29 is 22.7 Å². The number of nitrogens with zero attached hydrogens (tertiary/aromatic N) is 1. The third kappa shape index (κ3) is 4.94. The van der Waals surface area contributed by atoms with Gasteiger partial charge in [0.05, 0.1) is 10.6 Å². The number of anilines is 1. The van der Waals surface area contributed by atoms with Gasteiger partial charge in [-0.15, -0.1) is 0 Å². The molecule has 0 fully saturated rings. The number of rotatable bonds is 4. The summed E-state index contributed by atoms with van der Waals surface area (Å²) in [5.41, 5.74) is -0.106. The molecule has 0 atom stereocenters. The first kappa shape index (κ1) is 20.0. The lowest BCUT2D eigenvalue weighted by Gasteiger charge is -2.11. The van der Waals surface area contributed by atoms with Crippen LogP contribution in [-0.2, 0) is 6.18 Å². The normalized spacial score (nSPS) is 11.2. The van der Waals surface area contributed by atoms with Crippen molar-refractivity contribution in [2.45, 2.75) is 6.18 Å². The fraction of sp³-hybridized carbons (Fsp3) is 0.0526. The van der Waals surface area contributed by atoms with Crippen LogP contribution >= 0.6 is 23.2 Å². The van der Waals surface area contributed by atoms with Crippen LogP contribution in [-0.4, -0.2) is 10.9 Å². The summed E-state index contributed by atoms with van der Waals surface area (Å²) in [4.78, 5) is 15.8. The van der Waals surface area contributed by atoms with Crippen LogP contribution in [0, 0.1) is 0 Å². The predicted octanol–water partition coefficient (Wildman–Crippen LogP) is 6.45. The van der Waals surface area contributed by atoms with E-state index in [4.69, 9.17) is 27.9 Å². The highest BCUT2D eigenvalue weighted by Gasteiger charge is 2.30. The van der Waals surface area contributed by atoms with Crippen LogP contribution in [0.1, 0.15) is 15.9 Å². The average Bonchev–Trinajstić information content (AvgIpc) is 2.63. The van der Waals surface area contributed by atoms with Gasteiger partial charge in [-0.25, -0.2) is 4.98 Å². The van der Waals surface area contributed by atoms with Gasteiger partial charge < -0.3 is 10.1 Å². The first-order chi connectivity index (χ1) is 13.2. The van der Waals surface area contributed by atoms with Crippen LogP contribution < -0.4 is 10.1 Å². The van der Waals surface area contributed by atoms with E-state index in [9.17, 15) is 18.0 Å². The molecule has 1 heterocycles. The Morgan fingerprint density at radius 2 is 1.82 bits per heavy atom. The molecule has 4 nitrogen and oxygen atoms in total. The molecule has 2 aromatic carbocycles. The van der Waals surface area contributed by atoms with E-state index in [-0.39, 0.29) is 22.6 Å². The minimum absolute atomic E-state index is 0.0504. The highest BCUT2D eigenvalue weighted by Crippen LogP contribution is 2.33. The van der Waals surface area contributed by atoms with Gasteiger partial charge in [0.2, 0.25) is 5.88 Å². The molecule has 3 rings (SSSR count). The average molecular weight is 427 g/mol. The number of benzene rings is 2. The molecule has 144 valence electrons. The van der Waals surface area contributed by atoms with Crippen molar-refractivity contribution in [3.05, 3.63) is 82.0 Å². The van der Waals surface area contributed by atoms with Gasteiger partial charge in [0, 0.05) is 28.5 Å². The monoisotopic (exact) mass is 426 g/mol. The molecule has 3 aromatic rings. The van der Waals surface area contributed by atoms with E-state index in [0.717, 1.165) is 12.1 Å². The number of nitrogens with one attached hydrogen (secondary N) is 1. The van der Waals surface area contributed by atoms with Gasteiger partial charge in [0.1, 0.15) is 5.75 Å². The molecule has 0 spiro atoms. The van der Waals surface area contributed by atoms with Gasteiger partial charge in [-0.3, -0.25) is 4.79 Å². The Balaban J connectivity index is 1.71. The highest BCUT2D eigenvalue weighted by atomic mass is 35.5. The fourth-order valence-corrected chi connectivity index (χ4v) is 2.62. The number of hydrogen-bond donors (Lipinski definition) is 1. The summed E-state index contributed by atoms with van der Waals surface area (Å²) in [7, 11) is 0. The molecular formula is C19H11Cl2F3N2O2. The third-order valence-corrected chi connectivity index (χ3v) is 4.09. The van der Waals surface area contributed by atoms with Gasteiger partial charge >= 0.3 is 6.18 Å². The Hall–Kier alpha value is -2.77. The zero-order chi connectivity index (χ0) is 20.3. The number of alkyl halides is 3. The third-order valence-electron chi connectivity index (χ3n) is 3.55.